The molecule has 1 saturated heterocycles. The summed E-state index contributed by atoms with van der Waals surface area (Å²) < 4.78 is 0. The topological polar surface area (TPSA) is 42.0 Å². The number of carbonyl (C=O) groups excluding carboxylic acids is 1. The van der Waals surface area contributed by atoms with Crippen LogP contribution >= 0.6 is 32.9 Å². The van der Waals surface area contributed by atoms with Gasteiger partial charge in [0.15, 0.2) is 5.13 Å². The summed E-state index contributed by atoms with van der Waals surface area (Å²) in [6.07, 6.45) is 7.05. The van der Waals surface area contributed by atoms with Crippen LogP contribution in [0.15, 0.2) is 11.6 Å². The molecular formula is C11H16N2OS3. The Labute approximate surface area is 114 Å². The summed E-state index contributed by atoms with van der Waals surface area (Å²) in [7, 11) is 3.99. The molecule has 1 aromatic rings. The van der Waals surface area contributed by atoms with Crippen molar-refractivity contribution in [2.45, 2.75) is 37.4 Å². The molecule has 0 saturated carbocycles. The van der Waals surface area contributed by atoms with Gasteiger partial charge in [-0.05, 0) is 19.3 Å². The molecule has 2 heterocycles. The Balaban J connectivity index is 1.54. The first-order valence-electron chi connectivity index (χ1n) is 5.82. The van der Waals surface area contributed by atoms with Gasteiger partial charge in [-0.2, -0.15) is 0 Å². The molecule has 1 atom stereocenters. The second-order valence-corrected chi connectivity index (χ2v) is 7.64. The molecular weight excluding hydrogens is 272 g/mol. The summed E-state index contributed by atoms with van der Waals surface area (Å²) in [6, 6.07) is 0. The lowest BCUT2D eigenvalue weighted by atomic mass is 10.1. The van der Waals surface area contributed by atoms with E-state index >= 15 is 0 Å². The molecule has 1 aromatic heterocycles. The number of anilines is 1. The average Bonchev–Trinajstić information content (AvgIpc) is 2.96. The van der Waals surface area contributed by atoms with Gasteiger partial charge < -0.3 is 5.32 Å². The van der Waals surface area contributed by atoms with Crippen molar-refractivity contribution in [3.8, 4) is 0 Å². The van der Waals surface area contributed by atoms with Crippen molar-refractivity contribution in [3.05, 3.63) is 11.6 Å². The zero-order chi connectivity index (χ0) is 11.9. The van der Waals surface area contributed by atoms with E-state index in [9.17, 15) is 4.79 Å². The lowest BCUT2D eigenvalue weighted by molar-refractivity contribution is -0.116. The predicted octanol–water partition coefficient (Wildman–Crippen LogP) is 3.80. The average molecular weight is 288 g/mol. The van der Waals surface area contributed by atoms with Crippen molar-refractivity contribution in [1.82, 2.24) is 4.98 Å². The van der Waals surface area contributed by atoms with Crippen LogP contribution < -0.4 is 5.32 Å². The normalized spacial score (nSPS) is 19.4. The molecule has 94 valence electrons. The largest absolute Gasteiger partial charge is 0.302 e. The Morgan fingerprint density at radius 2 is 2.47 bits per heavy atom. The van der Waals surface area contributed by atoms with Crippen LogP contribution in [0.25, 0.3) is 0 Å². The van der Waals surface area contributed by atoms with Gasteiger partial charge in [-0.25, -0.2) is 4.98 Å². The van der Waals surface area contributed by atoms with E-state index in [0.29, 0.717) is 11.6 Å². The fraction of sp³-hybridized carbons (Fsp3) is 0.636. The van der Waals surface area contributed by atoms with Gasteiger partial charge in [0.05, 0.1) is 0 Å². The zero-order valence-electron chi connectivity index (χ0n) is 9.55. The van der Waals surface area contributed by atoms with E-state index < -0.39 is 0 Å². The Kier molecular flexibility index (Phi) is 5.67. The highest BCUT2D eigenvalue weighted by molar-refractivity contribution is 8.77. The monoisotopic (exact) mass is 288 g/mol. The van der Waals surface area contributed by atoms with Crippen LogP contribution in [0.4, 0.5) is 5.13 Å². The molecule has 0 unspecified atom stereocenters. The Morgan fingerprint density at radius 1 is 1.53 bits per heavy atom. The molecule has 1 aliphatic heterocycles. The van der Waals surface area contributed by atoms with Crippen molar-refractivity contribution < 1.29 is 4.79 Å². The molecule has 3 nitrogen and oxygen atoms in total. The third-order valence-electron chi connectivity index (χ3n) is 2.59. The van der Waals surface area contributed by atoms with Gasteiger partial charge in [0.2, 0.25) is 5.91 Å². The van der Waals surface area contributed by atoms with Crippen LogP contribution in [-0.2, 0) is 4.79 Å². The number of hydrogen-bond acceptors (Lipinski definition) is 5. The highest BCUT2D eigenvalue weighted by Gasteiger charge is 2.15. The van der Waals surface area contributed by atoms with Gasteiger partial charge >= 0.3 is 0 Å². The summed E-state index contributed by atoms with van der Waals surface area (Å²) in [5.41, 5.74) is 0. The van der Waals surface area contributed by atoms with Crippen LogP contribution in [0.5, 0.6) is 0 Å². The standard InChI is InChI=1S/C11H16N2OS3/c14-10(13-11-12-6-8-15-11)4-2-1-3-9-5-7-16-17-9/h6,8-9H,1-5,7H2,(H,12,13,14)/t9-/m1/s1. The van der Waals surface area contributed by atoms with Gasteiger partial charge in [-0.1, -0.05) is 28.0 Å². The van der Waals surface area contributed by atoms with Crippen molar-refractivity contribution in [3.63, 3.8) is 0 Å². The first-order chi connectivity index (χ1) is 8.34. The first-order valence-corrected chi connectivity index (χ1v) is 9.08. The van der Waals surface area contributed by atoms with E-state index in [1.54, 1.807) is 6.20 Å². The van der Waals surface area contributed by atoms with E-state index in [0.717, 1.165) is 18.1 Å². The van der Waals surface area contributed by atoms with Crippen molar-refractivity contribution in [2.75, 3.05) is 11.1 Å². The number of rotatable bonds is 6. The lowest BCUT2D eigenvalue weighted by Crippen LogP contribution is -2.11. The van der Waals surface area contributed by atoms with Crippen LogP contribution in [0.2, 0.25) is 0 Å². The highest BCUT2D eigenvalue weighted by atomic mass is 33.1. The third kappa shape index (κ3) is 4.89. The maximum absolute atomic E-state index is 11.6. The molecule has 0 bridgehead atoms. The number of aromatic nitrogens is 1. The summed E-state index contributed by atoms with van der Waals surface area (Å²) in [6.45, 7) is 0. The second kappa shape index (κ2) is 7.28. The van der Waals surface area contributed by atoms with Crippen molar-refractivity contribution >= 4 is 44.0 Å². The zero-order valence-corrected chi connectivity index (χ0v) is 12.0. The number of hydrogen-bond donors (Lipinski definition) is 1. The van der Waals surface area contributed by atoms with Crippen LogP contribution in [0, 0.1) is 0 Å². The van der Waals surface area contributed by atoms with E-state index in [1.807, 2.05) is 27.0 Å². The summed E-state index contributed by atoms with van der Waals surface area (Å²) >= 11 is 1.46. The number of nitrogens with one attached hydrogen (secondary N) is 1. The van der Waals surface area contributed by atoms with Gasteiger partial charge in [-0.15, -0.1) is 11.3 Å². The molecule has 0 aromatic carbocycles. The molecule has 1 fully saturated rings. The van der Waals surface area contributed by atoms with Gasteiger partial charge in [0.1, 0.15) is 0 Å². The smallest absolute Gasteiger partial charge is 0.226 e. The first kappa shape index (κ1) is 13.2. The molecule has 0 spiro atoms. The minimum atomic E-state index is 0.0911. The number of thiazole rings is 1. The van der Waals surface area contributed by atoms with E-state index in [1.165, 1.54) is 29.9 Å². The molecule has 1 amide bonds. The van der Waals surface area contributed by atoms with E-state index in [4.69, 9.17) is 0 Å². The summed E-state index contributed by atoms with van der Waals surface area (Å²) in [5, 5.41) is 6.20. The molecule has 17 heavy (non-hydrogen) atoms. The van der Waals surface area contributed by atoms with Crippen LogP contribution in [-0.4, -0.2) is 21.9 Å². The van der Waals surface area contributed by atoms with Crippen LogP contribution in [0.1, 0.15) is 32.1 Å². The fourth-order valence-electron chi connectivity index (χ4n) is 1.69. The molecule has 0 aliphatic carbocycles. The third-order valence-corrected chi connectivity index (χ3v) is 6.28. The minimum Gasteiger partial charge on any atom is -0.302 e. The number of nitrogens with zero attached hydrogens (tertiary/aromatic N) is 1. The Bertz CT molecular complexity index is 336. The number of unbranched alkanes of at least 4 members (excludes halogenated alkanes) is 1. The quantitative estimate of drug-likeness (QED) is 0.638. The molecule has 6 heteroatoms. The molecule has 1 aliphatic rings. The summed E-state index contributed by atoms with van der Waals surface area (Å²) in [4.78, 5) is 15.6. The number of carbonyl (C=O) groups is 1. The minimum absolute atomic E-state index is 0.0911. The van der Waals surface area contributed by atoms with Crippen molar-refractivity contribution in [1.29, 1.82) is 0 Å². The van der Waals surface area contributed by atoms with E-state index in [2.05, 4.69) is 10.3 Å². The lowest BCUT2D eigenvalue weighted by Gasteiger charge is -2.06. The SMILES string of the molecule is O=C(CCCC[C@@H]1CCSS1)Nc1nccs1. The Hall–Kier alpha value is -0.200. The maximum Gasteiger partial charge on any atom is 0.226 e. The van der Waals surface area contributed by atoms with E-state index in [-0.39, 0.29) is 5.91 Å². The molecule has 0 radical (unpaired) electrons. The van der Waals surface area contributed by atoms with Gasteiger partial charge in [-0.3, -0.25) is 4.79 Å². The second-order valence-electron chi connectivity index (χ2n) is 3.96. The highest BCUT2D eigenvalue weighted by Crippen LogP contribution is 2.39. The molecule has 2 rings (SSSR count). The summed E-state index contributed by atoms with van der Waals surface area (Å²) in [5.74, 6) is 1.38. The van der Waals surface area contributed by atoms with Gasteiger partial charge in [0, 0.05) is 29.0 Å². The van der Waals surface area contributed by atoms with Crippen molar-refractivity contribution in [2.24, 2.45) is 0 Å². The fourth-order valence-corrected chi connectivity index (χ4v) is 5.26. The maximum atomic E-state index is 11.6. The predicted molar refractivity (Wildman–Crippen MR) is 77.7 cm³/mol. The number of amides is 1. The van der Waals surface area contributed by atoms with Gasteiger partial charge in [0.25, 0.3) is 0 Å². The Morgan fingerprint density at radius 3 is 3.18 bits per heavy atom. The van der Waals surface area contributed by atoms with Crippen LogP contribution in [0.3, 0.4) is 0 Å². The molecule has 1 N–H and O–H groups in total.